The van der Waals surface area contributed by atoms with E-state index in [1.165, 1.54) is 27.8 Å². The Kier molecular flexibility index (Phi) is 5.17. The van der Waals surface area contributed by atoms with Crippen LogP contribution in [0.3, 0.4) is 0 Å². The largest absolute Gasteiger partial charge is 0.497 e. The smallest absolute Gasteiger partial charge is 0.251 e. The Morgan fingerprint density at radius 1 is 1.00 bits per heavy atom. The number of aryl methyl sites for hydroxylation is 2. The average molecular weight is 450 g/mol. The third-order valence-electron chi connectivity index (χ3n) is 7.19. The Labute approximate surface area is 199 Å². The van der Waals surface area contributed by atoms with Crippen LogP contribution in [-0.4, -0.2) is 23.2 Å². The zero-order valence-electron chi connectivity index (χ0n) is 19.2. The van der Waals surface area contributed by atoms with E-state index in [2.05, 4.69) is 51.9 Å². The molecule has 6 rings (SSSR count). The number of nitrogens with one attached hydrogen (secondary N) is 2. The number of aromatic amines is 1. The number of methoxy groups -OCH3 is 1. The fourth-order valence-corrected chi connectivity index (χ4v) is 5.40. The summed E-state index contributed by atoms with van der Waals surface area (Å²) in [6, 6.07) is 22.5. The molecule has 1 atom stereocenters. The highest BCUT2D eigenvalue weighted by atomic mass is 16.5. The summed E-state index contributed by atoms with van der Waals surface area (Å²) in [5, 5.41) is 11.1. The second-order valence-electron chi connectivity index (χ2n) is 9.14. The molecule has 0 aliphatic heterocycles. The number of carbonyl (C=O) groups is 1. The topological polar surface area (TPSA) is 67.0 Å². The Bertz CT molecular complexity index is 1370. The first-order chi connectivity index (χ1) is 16.7. The predicted molar refractivity (Wildman–Crippen MR) is 133 cm³/mol. The Balaban J connectivity index is 1.23. The number of rotatable bonds is 4. The van der Waals surface area contributed by atoms with Gasteiger partial charge in [0, 0.05) is 22.3 Å². The molecule has 2 aliphatic rings. The minimum Gasteiger partial charge on any atom is -0.497 e. The van der Waals surface area contributed by atoms with Gasteiger partial charge in [-0.25, -0.2) is 0 Å². The molecule has 0 saturated heterocycles. The monoisotopic (exact) mass is 449 g/mol. The van der Waals surface area contributed by atoms with Crippen LogP contribution in [0.5, 0.6) is 5.75 Å². The van der Waals surface area contributed by atoms with E-state index in [0.717, 1.165) is 54.8 Å². The van der Waals surface area contributed by atoms with Crippen molar-refractivity contribution in [2.24, 2.45) is 0 Å². The van der Waals surface area contributed by atoms with E-state index in [1.54, 1.807) is 7.11 Å². The normalized spacial score (nSPS) is 16.2. The fraction of sp³-hybridized carbons (Fsp3) is 0.241. The summed E-state index contributed by atoms with van der Waals surface area (Å²) < 4.78 is 5.38. The van der Waals surface area contributed by atoms with Crippen LogP contribution in [0.25, 0.3) is 22.5 Å². The molecule has 0 fully saturated rings. The van der Waals surface area contributed by atoms with Gasteiger partial charge in [-0.05, 0) is 79.1 Å². The fourth-order valence-electron chi connectivity index (χ4n) is 5.40. The number of hydrogen-bond donors (Lipinski definition) is 2. The zero-order valence-corrected chi connectivity index (χ0v) is 19.2. The molecule has 2 aliphatic carbocycles. The van der Waals surface area contributed by atoms with Gasteiger partial charge >= 0.3 is 0 Å². The molecular formula is C29H27N3O2. The lowest BCUT2D eigenvalue weighted by molar-refractivity contribution is 0.0933. The lowest BCUT2D eigenvalue weighted by Gasteiger charge is -2.26. The standard InChI is InChI=1S/C29H27N3O2/c1-34-22-14-16-24-21(17-22)13-15-25-27(31-32-28(24)25)19-9-11-20(12-10-19)29(33)30-26-8-4-6-18-5-2-3-7-23(18)26/h2-3,5,7,9-12,14,16-17,26H,4,6,8,13,15H2,1H3,(H,30,33)(H,31,32). The van der Waals surface area contributed by atoms with Gasteiger partial charge in [-0.1, -0.05) is 36.4 Å². The van der Waals surface area contributed by atoms with Gasteiger partial charge in [0.05, 0.1) is 24.5 Å². The minimum atomic E-state index is -0.0276. The molecule has 2 N–H and O–H groups in total. The maximum absolute atomic E-state index is 13.0. The predicted octanol–water partition coefficient (Wildman–Crippen LogP) is 5.66. The molecule has 0 radical (unpaired) electrons. The van der Waals surface area contributed by atoms with Crippen molar-refractivity contribution in [1.82, 2.24) is 15.5 Å². The van der Waals surface area contributed by atoms with Crippen LogP contribution in [0.1, 0.15) is 51.5 Å². The second-order valence-corrected chi connectivity index (χ2v) is 9.14. The van der Waals surface area contributed by atoms with Crippen molar-refractivity contribution < 1.29 is 9.53 Å². The Hall–Kier alpha value is -3.86. The average Bonchev–Trinajstić information content (AvgIpc) is 3.33. The maximum atomic E-state index is 13.0. The van der Waals surface area contributed by atoms with E-state index in [1.807, 2.05) is 30.3 Å². The summed E-state index contributed by atoms with van der Waals surface area (Å²) in [5.74, 6) is 0.854. The summed E-state index contributed by atoms with van der Waals surface area (Å²) in [7, 11) is 1.70. The molecule has 170 valence electrons. The number of hydrogen-bond acceptors (Lipinski definition) is 3. The number of nitrogens with zero attached hydrogens (tertiary/aromatic N) is 1. The van der Waals surface area contributed by atoms with Gasteiger partial charge in [0.25, 0.3) is 5.91 Å². The van der Waals surface area contributed by atoms with Crippen molar-refractivity contribution in [3.63, 3.8) is 0 Å². The van der Waals surface area contributed by atoms with E-state index in [0.29, 0.717) is 5.56 Å². The molecule has 1 amide bonds. The first-order valence-corrected chi connectivity index (χ1v) is 11.9. The summed E-state index contributed by atoms with van der Waals surface area (Å²) in [4.78, 5) is 13.0. The van der Waals surface area contributed by atoms with E-state index in [4.69, 9.17) is 4.74 Å². The minimum absolute atomic E-state index is 0.0276. The van der Waals surface area contributed by atoms with Crippen LogP contribution < -0.4 is 10.1 Å². The highest BCUT2D eigenvalue weighted by molar-refractivity contribution is 5.95. The van der Waals surface area contributed by atoms with E-state index >= 15 is 0 Å². The molecule has 0 saturated carbocycles. The van der Waals surface area contributed by atoms with Gasteiger partial charge in [-0.15, -0.1) is 0 Å². The van der Waals surface area contributed by atoms with Gasteiger partial charge in [-0.2, -0.15) is 5.10 Å². The van der Waals surface area contributed by atoms with Crippen LogP contribution >= 0.6 is 0 Å². The number of aromatic nitrogens is 2. The van der Waals surface area contributed by atoms with Crippen LogP contribution in [0.15, 0.2) is 66.7 Å². The molecule has 1 unspecified atom stereocenters. The summed E-state index contributed by atoms with van der Waals surface area (Å²) in [6.45, 7) is 0. The number of carbonyl (C=O) groups excluding carboxylic acids is 1. The van der Waals surface area contributed by atoms with Gasteiger partial charge in [0.15, 0.2) is 0 Å². The quantitative estimate of drug-likeness (QED) is 0.423. The maximum Gasteiger partial charge on any atom is 0.251 e. The van der Waals surface area contributed by atoms with Gasteiger partial charge in [0.2, 0.25) is 0 Å². The van der Waals surface area contributed by atoms with Crippen LogP contribution in [0.2, 0.25) is 0 Å². The van der Waals surface area contributed by atoms with Crippen LogP contribution in [-0.2, 0) is 19.3 Å². The Morgan fingerprint density at radius 3 is 2.71 bits per heavy atom. The van der Waals surface area contributed by atoms with Gasteiger partial charge in [-0.3, -0.25) is 9.89 Å². The van der Waals surface area contributed by atoms with Crippen molar-refractivity contribution in [3.8, 4) is 28.3 Å². The van der Waals surface area contributed by atoms with Crippen molar-refractivity contribution in [1.29, 1.82) is 0 Å². The molecule has 1 heterocycles. The van der Waals surface area contributed by atoms with Gasteiger partial charge < -0.3 is 10.1 Å². The number of ether oxygens (including phenoxy) is 1. The third kappa shape index (κ3) is 3.58. The molecule has 1 aromatic heterocycles. The van der Waals surface area contributed by atoms with Crippen molar-refractivity contribution in [2.45, 2.75) is 38.1 Å². The van der Waals surface area contributed by atoms with Crippen LogP contribution in [0.4, 0.5) is 0 Å². The molecule has 0 spiro atoms. The molecule has 3 aromatic carbocycles. The first kappa shape index (κ1) is 20.7. The molecule has 5 nitrogen and oxygen atoms in total. The van der Waals surface area contributed by atoms with Crippen LogP contribution in [0, 0.1) is 0 Å². The van der Waals surface area contributed by atoms with E-state index in [9.17, 15) is 4.79 Å². The van der Waals surface area contributed by atoms with Crippen molar-refractivity contribution >= 4 is 5.91 Å². The molecule has 34 heavy (non-hydrogen) atoms. The highest BCUT2D eigenvalue weighted by Crippen LogP contribution is 2.38. The molecule has 4 aromatic rings. The molecular weight excluding hydrogens is 422 g/mol. The van der Waals surface area contributed by atoms with Crippen molar-refractivity contribution in [3.05, 3.63) is 94.5 Å². The highest BCUT2D eigenvalue weighted by Gasteiger charge is 2.24. The lowest BCUT2D eigenvalue weighted by Crippen LogP contribution is -2.30. The lowest BCUT2D eigenvalue weighted by atomic mass is 9.87. The SMILES string of the molecule is COc1ccc2c(c1)CCc1c(-c3ccc(C(=O)NC4CCCc5ccccc54)cc3)n[nH]c1-2. The summed E-state index contributed by atoms with van der Waals surface area (Å²) >= 11 is 0. The number of H-pyrrole nitrogens is 1. The molecule has 0 bridgehead atoms. The summed E-state index contributed by atoms with van der Waals surface area (Å²) in [6.07, 6.45) is 5.04. The zero-order chi connectivity index (χ0) is 23.1. The van der Waals surface area contributed by atoms with Crippen molar-refractivity contribution in [2.75, 3.05) is 7.11 Å². The van der Waals surface area contributed by atoms with Gasteiger partial charge in [0.1, 0.15) is 5.75 Å². The van der Waals surface area contributed by atoms with E-state index < -0.39 is 0 Å². The number of fused-ring (bicyclic) bond motifs is 4. The van der Waals surface area contributed by atoms with E-state index in [-0.39, 0.29) is 11.9 Å². The number of benzene rings is 3. The summed E-state index contributed by atoms with van der Waals surface area (Å²) in [5.41, 5.74) is 10.0. The first-order valence-electron chi connectivity index (χ1n) is 11.9. The number of amides is 1. The Morgan fingerprint density at radius 2 is 1.85 bits per heavy atom. The molecule has 5 heteroatoms. The second kappa shape index (κ2) is 8.49. The third-order valence-corrected chi connectivity index (χ3v) is 7.19.